The van der Waals surface area contributed by atoms with Gasteiger partial charge in [-0.2, -0.15) is 5.26 Å². The first-order chi connectivity index (χ1) is 10.1. The fourth-order valence-corrected chi connectivity index (χ4v) is 2.19. The van der Waals surface area contributed by atoms with E-state index >= 15 is 0 Å². The van der Waals surface area contributed by atoms with E-state index in [9.17, 15) is 8.78 Å². The molecule has 0 atom stereocenters. The molecule has 2 aromatic heterocycles. The van der Waals surface area contributed by atoms with Crippen molar-refractivity contribution in [3.05, 3.63) is 59.4 Å². The lowest BCUT2D eigenvalue weighted by atomic mass is 10.0. The van der Waals surface area contributed by atoms with Gasteiger partial charge in [0.05, 0.1) is 16.8 Å². The Balaban J connectivity index is 2.37. The zero-order chi connectivity index (χ0) is 15.0. The summed E-state index contributed by atoms with van der Waals surface area (Å²) in [4.78, 5) is 8.46. The molecule has 0 spiro atoms. The Labute approximate surface area is 119 Å². The monoisotopic (exact) mass is 281 g/mol. The van der Waals surface area contributed by atoms with Crippen LogP contribution in [0.1, 0.15) is 11.3 Å². The van der Waals surface area contributed by atoms with Crippen molar-refractivity contribution < 1.29 is 8.78 Å². The van der Waals surface area contributed by atoms with Crippen molar-refractivity contribution in [3.8, 4) is 17.3 Å². The number of halogens is 2. The molecule has 3 aromatic rings. The van der Waals surface area contributed by atoms with Crippen molar-refractivity contribution >= 4 is 10.9 Å². The number of benzene rings is 1. The van der Waals surface area contributed by atoms with E-state index in [1.165, 1.54) is 18.3 Å². The first-order valence-electron chi connectivity index (χ1n) is 6.22. The molecule has 0 radical (unpaired) electrons. The largest absolute Gasteiger partial charge is 0.254 e. The zero-order valence-corrected chi connectivity index (χ0v) is 11.1. The molecule has 0 saturated carbocycles. The summed E-state index contributed by atoms with van der Waals surface area (Å²) in [6.07, 6.45) is 1.35. The average Bonchev–Trinajstić information content (AvgIpc) is 2.46. The molecule has 3 nitrogen and oxygen atoms in total. The minimum atomic E-state index is -0.700. The van der Waals surface area contributed by atoms with E-state index in [-0.39, 0.29) is 5.56 Å². The molecule has 0 aliphatic carbocycles. The second-order valence-corrected chi connectivity index (χ2v) is 4.61. The minimum absolute atomic E-state index is 0.177. The lowest BCUT2D eigenvalue weighted by Crippen LogP contribution is -1.95. The van der Waals surface area contributed by atoms with Crippen LogP contribution in [0.2, 0.25) is 0 Å². The number of hydrogen-bond donors (Lipinski definition) is 0. The Morgan fingerprint density at radius 1 is 1.14 bits per heavy atom. The Morgan fingerprint density at radius 2 is 1.95 bits per heavy atom. The molecule has 0 saturated heterocycles. The summed E-state index contributed by atoms with van der Waals surface area (Å²) in [5, 5.41) is 9.69. The van der Waals surface area contributed by atoms with Gasteiger partial charge in [0.15, 0.2) is 0 Å². The molecule has 102 valence electrons. The van der Waals surface area contributed by atoms with Crippen LogP contribution in [-0.4, -0.2) is 9.97 Å². The topological polar surface area (TPSA) is 49.6 Å². The number of aryl methyl sites for hydroxylation is 1. The highest BCUT2D eigenvalue weighted by atomic mass is 19.1. The van der Waals surface area contributed by atoms with E-state index in [0.29, 0.717) is 22.2 Å². The van der Waals surface area contributed by atoms with Gasteiger partial charge in [-0.05, 0) is 31.2 Å². The van der Waals surface area contributed by atoms with E-state index < -0.39 is 11.6 Å². The molecule has 0 bridgehead atoms. The standard InChI is InChI=1S/C16H9F2N3/c1-9-2-4-13-15(21-9)10(7-19)8-20-16(13)12-5-3-11(17)6-14(12)18/h2-6,8H,1H3. The summed E-state index contributed by atoms with van der Waals surface area (Å²) in [5.41, 5.74) is 2.05. The molecule has 3 rings (SSSR count). The highest BCUT2D eigenvalue weighted by Crippen LogP contribution is 2.29. The molecule has 5 heteroatoms. The van der Waals surface area contributed by atoms with Crippen LogP contribution in [-0.2, 0) is 0 Å². The van der Waals surface area contributed by atoms with Crippen molar-refractivity contribution in [2.45, 2.75) is 6.92 Å². The zero-order valence-electron chi connectivity index (χ0n) is 11.1. The summed E-state index contributed by atoms with van der Waals surface area (Å²) >= 11 is 0. The van der Waals surface area contributed by atoms with Crippen LogP contribution in [0, 0.1) is 29.9 Å². The SMILES string of the molecule is Cc1ccc2c(-c3ccc(F)cc3F)ncc(C#N)c2n1. The molecule has 2 heterocycles. The third kappa shape index (κ3) is 2.21. The second kappa shape index (κ2) is 4.91. The second-order valence-electron chi connectivity index (χ2n) is 4.61. The van der Waals surface area contributed by atoms with E-state index in [1.54, 1.807) is 19.1 Å². The van der Waals surface area contributed by atoms with E-state index in [4.69, 9.17) is 5.26 Å². The smallest absolute Gasteiger partial charge is 0.135 e. The number of pyridine rings is 2. The molecule has 0 aliphatic heterocycles. The summed E-state index contributed by atoms with van der Waals surface area (Å²) in [7, 11) is 0. The predicted octanol–water partition coefficient (Wildman–Crippen LogP) is 3.76. The van der Waals surface area contributed by atoms with Gasteiger partial charge in [0.2, 0.25) is 0 Å². The maximum Gasteiger partial charge on any atom is 0.135 e. The first-order valence-corrected chi connectivity index (χ1v) is 6.22. The fourth-order valence-electron chi connectivity index (χ4n) is 2.19. The van der Waals surface area contributed by atoms with Gasteiger partial charge >= 0.3 is 0 Å². The lowest BCUT2D eigenvalue weighted by molar-refractivity contribution is 0.585. The Kier molecular flexibility index (Phi) is 3.07. The Hall–Kier alpha value is -2.87. The quantitative estimate of drug-likeness (QED) is 0.682. The van der Waals surface area contributed by atoms with Gasteiger partial charge in [0.1, 0.15) is 17.7 Å². The third-order valence-electron chi connectivity index (χ3n) is 3.17. The maximum atomic E-state index is 14.0. The van der Waals surface area contributed by atoms with Gasteiger partial charge in [0.25, 0.3) is 0 Å². The number of fused-ring (bicyclic) bond motifs is 1. The molecule has 0 amide bonds. The number of nitriles is 1. The van der Waals surface area contributed by atoms with Gasteiger partial charge < -0.3 is 0 Å². The average molecular weight is 281 g/mol. The summed E-state index contributed by atoms with van der Waals surface area (Å²) in [6, 6.07) is 8.83. The Morgan fingerprint density at radius 3 is 2.67 bits per heavy atom. The number of nitrogens with zero attached hydrogens (tertiary/aromatic N) is 3. The summed E-state index contributed by atoms with van der Waals surface area (Å²) < 4.78 is 27.0. The molecule has 0 aliphatic rings. The van der Waals surface area contributed by atoms with Gasteiger partial charge in [-0.3, -0.25) is 9.97 Å². The number of hydrogen-bond acceptors (Lipinski definition) is 3. The van der Waals surface area contributed by atoms with Crippen LogP contribution in [0.15, 0.2) is 36.5 Å². The van der Waals surface area contributed by atoms with Crippen LogP contribution >= 0.6 is 0 Å². The number of aromatic nitrogens is 2. The highest BCUT2D eigenvalue weighted by Gasteiger charge is 2.14. The van der Waals surface area contributed by atoms with Crippen LogP contribution < -0.4 is 0 Å². The lowest BCUT2D eigenvalue weighted by Gasteiger charge is -2.08. The third-order valence-corrected chi connectivity index (χ3v) is 3.17. The van der Waals surface area contributed by atoms with Gasteiger partial charge in [0, 0.05) is 28.9 Å². The normalized spacial score (nSPS) is 10.6. The molecular weight excluding hydrogens is 272 g/mol. The van der Waals surface area contributed by atoms with Crippen molar-refractivity contribution in [2.75, 3.05) is 0 Å². The molecule has 0 N–H and O–H groups in total. The van der Waals surface area contributed by atoms with Crippen LogP contribution in [0.25, 0.3) is 22.2 Å². The van der Waals surface area contributed by atoms with Gasteiger partial charge in [-0.15, -0.1) is 0 Å². The van der Waals surface area contributed by atoms with Crippen molar-refractivity contribution in [1.82, 2.24) is 9.97 Å². The molecule has 1 aromatic carbocycles. The molecule has 21 heavy (non-hydrogen) atoms. The predicted molar refractivity (Wildman–Crippen MR) is 74.3 cm³/mol. The fraction of sp³-hybridized carbons (Fsp3) is 0.0625. The van der Waals surface area contributed by atoms with Gasteiger partial charge in [-0.1, -0.05) is 0 Å². The summed E-state index contributed by atoms with van der Waals surface area (Å²) in [5.74, 6) is -1.35. The van der Waals surface area contributed by atoms with E-state index in [1.807, 2.05) is 6.07 Å². The maximum absolute atomic E-state index is 14.0. The van der Waals surface area contributed by atoms with Crippen molar-refractivity contribution in [1.29, 1.82) is 5.26 Å². The van der Waals surface area contributed by atoms with Gasteiger partial charge in [-0.25, -0.2) is 8.78 Å². The number of rotatable bonds is 1. The molecular formula is C16H9F2N3. The van der Waals surface area contributed by atoms with Crippen LogP contribution in [0.3, 0.4) is 0 Å². The van der Waals surface area contributed by atoms with Crippen molar-refractivity contribution in [2.24, 2.45) is 0 Å². The first kappa shape index (κ1) is 13.1. The van der Waals surface area contributed by atoms with Crippen LogP contribution in [0.4, 0.5) is 8.78 Å². The van der Waals surface area contributed by atoms with E-state index in [2.05, 4.69) is 9.97 Å². The highest BCUT2D eigenvalue weighted by molar-refractivity contribution is 5.95. The molecule has 0 fully saturated rings. The van der Waals surface area contributed by atoms with Crippen molar-refractivity contribution in [3.63, 3.8) is 0 Å². The van der Waals surface area contributed by atoms with Crippen LogP contribution in [0.5, 0.6) is 0 Å². The molecule has 0 unspecified atom stereocenters. The Bertz CT molecular complexity index is 898. The minimum Gasteiger partial charge on any atom is -0.254 e. The summed E-state index contributed by atoms with van der Waals surface area (Å²) in [6.45, 7) is 1.80. The van der Waals surface area contributed by atoms with E-state index in [0.717, 1.165) is 11.8 Å².